The molecule has 3 aromatic carbocycles. The molecule has 8 heteroatoms. The fourth-order valence-electron chi connectivity index (χ4n) is 3.96. The van der Waals surface area contributed by atoms with Crippen LogP contribution in [0.2, 0.25) is 0 Å². The summed E-state index contributed by atoms with van der Waals surface area (Å²) in [5.74, 6) is 1.65. The summed E-state index contributed by atoms with van der Waals surface area (Å²) in [6, 6.07) is 17.2. The Morgan fingerprint density at radius 3 is 2.08 bits per heavy atom. The molecular formula is C30H28O7S. The number of benzene rings is 3. The van der Waals surface area contributed by atoms with Gasteiger partial charge >= 0.3 is 0 Å². The van der Waals surface area contributed by atoms with Gasteiger partial charge in [0, 0.05) is 32.3 Å². The summed E-state index contributed by atoms with van der Waals surface area (Å²) in [7, 11) is 6.10. The third kappa shape index (κ3) is 5.65. The Balaban J connectivity index is 1.70. The van der Waals surface area contributed by atoms with Gasteiger partial charge in [0.2, 0.25) is 5.75 Å². The zero-order valence-corrected chi connectivity index (χ0v) is 22.6. The van der Waals surface area contributed by atoms with Gasteiger partial charge in [-0.3, -0.25) is 9.59 Å². The minimum absolute atomic E-state index is 0.140. The number of fused-ring (bicyclic) bond motifs is 1. The molecule has 0 saturated carbocycles. The maximum absolute atomic E-state index is 13.2. The Hall–Kier alpha value is -4.30. The van der Waals surface area contributed by atoms with Crippen molar-refractivity contribution in [2.75, 3.05) is 35.0 Å². The van der Waals surface area contributed by atoms with Gasteiger partial charge in [-0.1, -0.05) is 18.2 Å². The molecule has 4 rings (SSSR count). The first-order valence-electron chi connectivity index (χ1n) is 11.7. The second kappa shape index (κ2) is 11.8. The number of Topliss-reactive ketones (excluding diaryl/α,β-unsaturated/α-hetero) is 1. The largest absolute Gasteiger partial charge is 0.496 e. The van der Waals surface area contributed by atoms with E-state index in [0.29, 0.717) is 17.1 Å². The first-order valence-corrected chi connectivity index (χ1v) is 12.6. The fourth-order valence-corrected chi connectivity index (χ4v) is 5.04. The Bertz CT molecular complexity index is 1460. The van der Waals surface area contributed by atoms with Gasteiger partial charge in [0.15, 0.2) is 23.1 Å². The molecule has 1 aromatic heterocycles. The number of ketones is 2. The molecule has 0 aliphatic rings. The Labute approximate surface area is 225 Å². The normalized spacial score (nSPS) is 11.0. The minimum Gasteiger partial charge on any atom is -0.496 e. The summed E-state index contributed by atoms with van der Waals surface area (Å²) in [6.07, 6.45) is 3.17. The molecule has 0 spiro atoms. The van der Waals surface area contributed by atoms with Gasteiger partial charge in [0.1, 0.15) is 18.1 Å². The van der Waals surface area contributed by atoms with Crippen molar-refractivity contribution in [3.63, 3.8) is 0 Å². The lowest BCUT2D eigenvalue weighted by Crippen LogP contribution is -2.09. The van der Waals surface area contributed by atoms with E-state index in [1.807, 2.05) is 24.3 Å². The molecule has 0 atom stereocenters. The van der Waals surface area contributed by atoms with E-state index in [4.69, 9.17) is 23.7 Å². The highest BCUT2D eigenvalue weighted by atomic mass is 32.1. The molecule has 0 fully saturated rings. The summed E-state index contributed by atoms with van der Waals surface area (Å²) in [6.45, 7) is 1.28. The highest BCUT2D eigenvalue weighted by Gasteiger charge is 2.18. The van der Waals surface area contributed by atoms with E-state index in [0.717, 1.165) is 21.4 Å². The summed E-state index contributed by atoms with van der Waals surface area (Å²) in [4.78, 5) is 25.6. The first-order chi connectivity index (χ1) is 18.4. The number of thiophene rings is 1. The van der Waals surface area contributed by atoms with Crippen LogP contribution in [0.5, 0.6) is 28.7 Å². The van der Waals surface area contributed by atoms with Crippen molar-refractivity contribution in [1.82, 2.24) is 0 Å². The van der Waals surface area contributed by atoms with Gasteiger partial charge in [0.25, 0.3) is 0 Å². The van der Waals surface area contributed by atoms with Crippen LogP contribution in [0.1, 0.15) is 22.8 Å². The molecule has 0 N–H and O–H groups in total. The molecular weight excluding hydrogens is 504 g/mol. The number of rotatable bonds is 11. The molecule has 4 aromatic rings. The first kappa shape index (κ1) is 26.8. The smallest absolute Gasteiger partial charge is 0.204 e. The predicted octanol–water partition coefficient (Wildman–Crippen LogP) is 6.47. The van der Waals surface area contributed by atoms with Gasteiger partial charge in [-0.15, -0.1) is 11.3 Å². The number of hydrogen-bond donors (Lipinski definition) is 0. The van der Waals surface area contributed by atoms with Crippen molar-refractivity contribution in [3.8, 4) is 39.2 Å². The zero-order chi connectivity index (χ0) is 27.2. The van der Waals surface area contributed by atoms with Crippen LogP contribution in [0.4, 0.5) is 0 Å². The van der Waals surface area contributed by atoms with Gasteiger partial charge in [-0.25, -0.2) is 0 Å². The van der Waals surface area contributed by atoms with Gasteiger partial charge in [-0.2, -0.15) is 0 Å². The highest BCUT2D eigenvalue weighted by Crippen LogP contribution is 2.42. The Morgan fingerprint density at radius 2 is 1.47 bits per heavy atom. The Kier molecular flexibility index (Phi) is 8.33. The molecule has 0 radical (unpaired) electrons. The van der Waals surface area contributed by atoms with Crippen LogP contribution in [0.15, 0.2) is 60.7 Å². The average molecular weight is 533 g/mol. The third-order valence-corrected chi connectivity index (χ3v) is 6.97. The van der Waals surface area contributed by atoms with Crippen LogP contribution in [-0.2, 0) is 4.79 Å². The van der Waals surface area contributed by atoms with Crippen LogP contribution < -0.4 is 23.7 Å². The van der Waals surface area contributed by atoms with Crippen LogP contribution in [0.3, 0.4) is 0 Å². The number of hydrogen-bond acceptors (Lipinski definition) is 8. The van der Waals surface area contributed by atoms with Crippen molar-refractivity contribution in [2.24, 2.45) is 0 Å². The van der Waals surface area contributed by atoms with Crippen LogP contribution in [-0.4, -0.2) is 46.6 Å². The zero-order valence-electron chi connectivity index (χ0n) is 21.8. The molecule has 0 aliphatic heterocycles. The molecule has 1 heterocycles. The number of carbonyl (C=O) groups is 2. The monoisotopic (exact) mass is 532 g/mol. The van der Waals surface area contributed by atoms with Gasteiger partial charge in [-0.05, 0) is 54.8 Å². The van der Waals surface area contributed by atoms with Crippen molar-refractivity contribution in [2.45, 2.75) is 6.92 Å². The average Bonchev–Trinajstić information content (AvgIpc) is 3.37. The van der Waals surface area contributed by atoms with Gasteiger partial charge in [0.05, 0.1) is 28.4 Å². The number of carbonyl (C=O) groups excluding carboxylic acids is 2. The van der Waals surface area contributed by atoms with E-state index in [1.165, 1.54) is 31.9 Å². The highest BCUT2D eigenvalue weighted by molar-refractivity contribution is 7.22. The number of allylic oxidation sites excluding steroid dienone is 1. The summed E-state index contributed by atoms with van der Waals surface area (Å²) < 4.78 is 28.8. The number of methoxy groups -OCH3 is 4. The lowest BCUT2D eigenvalue weighted by atomic mass is 10.0. The van der Waals surface area contributed by atoms with Crippen molar-refractivity contribution >= 4 is 39.1 Å². The van der Waals surface area contributed by atoms with E-state index in [9.17, 15) is 9.59 Å². The van der Waals surface area contributed by atoms with E-state index in [2.05, 4.69) is 18.2 Å². The predicted molar refractivity (Wildman–Crippen MR) is 149 cm³/mol. The second-order valence-corrected chi connectivity index (χ2v) is 9.42. The van der Waals surface area contributed by atoms with Gasteiger partial charge < -0.3 is 23.7 Å². The number of ether oxygens (including phenoxy) is 5. The quantitative estimate of drug-likeness (QED) is 0.162. The van der Waals surface area contributed by atoms with Crippen molar-refractivity contribution < 1.29 is 33.3 Å². The van der Waals surface area contributed by atoms with E-state index in [-0.39, 0.29) is 35.4 Å². The van der Waals surface area contributed by atoms with Crippen molar-refractivity contribution in [1.29, 1.82) is 0 Å². The summed E-state index contributed by atoms with van der Waals surface area (Å²) >= 11 is 1.67. The van der Waals surface area contributed by atoms with Crippen LogP contribution in [0, 0.1) is 0 Å². The molecule has 0 amide bonds. The molecule has 196 valence electrons. The third-order valence-electron chi connectivity index (χ3n) is 5.82. The lowest BCUT2D eigenvalue weighted by Gasteiger charge is -2.15. The summed E-state index contributed by atoms with van der Waals surface area (Å²) in [5, 5.41) is 1.15. The van der Waals surface area contributed by atoms with E-state index >= 15 is 0 Å². The molecule has 0 bridgehead atoms. The second-order valence-electron chi connectivity index (χ2n) is 8.34. The maximum Gasteiger partial charge on any atom is 0.204 e. The fraction of sp³-hybridized carbons (Fsp3) is 0.200. The molecule has 0 saturated heterocycles. The maximum atomic E-state index is 13.2. The Morgan fingerprint density at radius 1 is 0.816 bits per heavy atom. The van der Waals surface area contributed by atoms with E-state index in [1.54, 1.807) is 43.8 Å². The molecule has 0 unspecified atom stereocenters. The van der Waals surface area contributed by atoms with Crippen molar-refractivity contribution in [3.05, 3.63) is 71.8 Å². The molecule has 0 aliphatic carbocycles. The SMILES string of the molecule is COc1cc(OC)c(-c2cc3ccccc3s2)cc1/C=C/C(=O)c1cc(OC)c(OCC(C)=O)c(OC)c1. The van der Waals surface area contributed by atoms with Crippen LogP contribution in [0.25, 0.3) is 26.6 Å². The van der Waals surface area contributed by atoms with Crippen LogP contribution >= 0.6 is 11.3 Å². The summed E-state index contributed by atoms with van der Waals surface area (Å²) in [5.41, 5.74) is 1.95. The standard InChI is InChI=1S/C30H28O7S/c1-18(31)17-37-30-26(35-4)13-21(14-27(30)36-5)23(32)11-10-19-12-22(25(34-3)16-24(19)33-2)29-15-20-8-6-7-9-28(20)38-29/h6-16H,17H2,1-5H3/b11-10+. The topological polar surface area (TPSA) is 80.3 Å². The lowest BCUT2D eigenvalue weighted by molar-refractivity contribution is -0.118. The minimum atomic E-state index is -0.277. The molecule has 7 nitrogen and oxygen atoms in total. The molecule has 38 heavy (non-hydrogen) atoms. The van der Waals surface area contributed by atoms with E-state index < -0.39 is 0 Å².